The predicted molar refractivity (Wildman–Crippen MR) is 93.5 cm³/mol. The lowest BCUT2D eigenvalue weighted by atomic mass is 10.1. The van der Waals surface area contributed by atoms with Crippen LogP contribution in [-0.4, -0.2) is 28.1 Å². The third-order valence-corrected chi connectivity index (χ3v) is 3.43. The molecule has 0 aliphatic carbocycles. The third kappa shape index (κ3) is 4.87. The number of amides is 2. The fourth-order valence-electron chi connectivity index (χ4n) is 2.07. The van der Waals surface area contributed by atoms with Crippen LogP contribution < -0.4 is 10.7 Å². The molecule has 0 aromatic heterocycles. The summed E-state index contributed by atoms with van der Waals surface area (Å²) < 4.78 is 0. The van der Waals surface area contributed by atoms with E-state index in [0.717, 1.165) is 23.9 Å². The number of carbonyl (C=O) groups is 2. The molecule has 0 spiro atoms. The topological polar surface area (TPSA) is 134 Å². The zero-order chi connectivity index (χ0) is 19.1. The summed E-state index contributed by atoms with van der Waals surface area (Å²) in [4.78, 5) is 33.6. The molecule has 9 nitrogen and oxygen atoms in total. The van der Waals surface area contributed by atoms with Crippen LogP contribution in [-0.2, 0) is 9.59 Å². The van der Waals surface area contributed by atoms with E-state index >= 15 is 0 Å². The Morgan fingerprint density at radius 1 is 1.19 bits per heavy atom. The summed E-state index contributed by atoms with van der Waals surface area (Å²) >= 11 is 0. The Balaban J connectivity index is 1.93. The Labute approximate surface area is 148 Å². The second-order valence-corrected chi connectivity index (χ2v) is 5.31. The summed E-state index contributed by atoms with van der Waals surface area (Å²) in [6, 6.07) is 12.3. The van der Waals surface area contributed by atoms with E-state index in [1.54, 1.807) is 6.92 Å². The first-order valence-electron chi connectivity index (χ1n) is 7.54. The third-order valence-electron chi connectivity index (χ3n) is 3.43. The lowest BCUT2D eigenvalue weighted by Crippen LogP contribution is -2.39. The van der Waals surface area contributed by atoms with Gasteiger partial charge in [0.2, 0.25) is 0 Å². The molecule has 3 N–H and O–H groups in total. The highest BCUT2D eigenvalue weighted by atomic mass is 16.6. The Morgan fingerprint density at radius 3 is 2.54 bits per heavy atom. The van der Waals surface area contributed by atoms with Crippen LogP contribution in [0.4, 0.5) is 5.69 Å². The number of carbonyl (C=O) groups excluding carboxylic acids is 2. The van der Waals surface area contributed by atoms with E-state index in [1.807, 2.05) is 35.8 Å². The second-order valence-electron chi connectivity index (χ2n) is 5.31. The summed E-state index contributed by atoms with van der Waals surface area (Å²) in [5.41, 5.74) is 2.66. The van der Waals surface area contributed by atoms with Gasteiger partial charge >= 0.3 is 17.5 Å². The molecule has 0 radical (unpaired) electrons. The highest BCUT2D eigenvalue weighted by molar-refractivity contribution is 6.35. The van der Waals surface area contributed by atoms with Gasteiger partial charge in [-0.3, -0.25) is 19.7 Å². The van der Waals surface area contributed by atoms with Crippen LogP contribution in [0, 0.1) is 10.1 Å². The molecule has 0 aliphatic rings. The zero-order valence-corrected chi connectivity index (χ0v) is 13.7. The summed E-state index contributed by atoms with van der Waals surface area (Å²) in [5.74, 6) is -2.32. The van der Waals surface area contributed by atoms with Gasteiger partial charge in [0.25, 0.3) is 0 Å². The second kappa shape index (κ2) is 8.38. The quantitative estimate of drug-likeness (QED) is 0.324. The standard InChI is InChI=1S/C17H16N4O5/c1-11(13-5-3-2-4-6-13)19-16(23)17(24)20-18-10-12-7-8-15(22)14(9-12)21(25)26/h2-11,22H,1H3,(H,19,23)(H,20,24)/b18-10+/t11-/m1/s1. The smallest absolute Gasteiger partial charge is 0.329 e. The Morgan fingerprint density at radius 2 is 1.88 bits per heavy atom. The number of nitrogens with one attached hydrogen (secondary N) is 2. The van der Waals surface area contributed by atoms with E-state index in [0.29, 0.717) is 0 Å². The largest absolute Gasteiger partial charge is 0.502 e. The highest BCUT2D eigenvalue weighted by Gasteiger charge is 2.16. The molecule has 2 rings (SSSR count). The van der Waals surface area contributed by atoms with Crippen molar-refractivity contribution in [2.75, 3.05) is 0 Å². The molecule has 0 unspecified atom stereocenters. The number of hydrazone groups is 1. The number of phenolic OH excluding ortho intramolecular Hbond substituents is 1. The van der Waals surface area contributed by atoms with Gasteiger partial charge in [-0.05, 0) is 24.6 Å². The number of nitrogens with zero attached hydrogens (tertiary/aromatic N) is 2. The molecule has 134 valence electrons. The number of benzene rings is 2. The summed E-state index contributed by atoms with van der Waals surface area (Å²) in [5, 5.41) is 26.2. The first-order valence-corrected chi connectivity index (χ1v) is 7.54. The van der Waals surface area contributed by atoms with Crippen molar-refractivity contribution < 1.29 is 19.6 Å². The van der Waals surface area contributed by atoms with Crippen molar-refractivity contribution in [3.63, 3.8) is 0 Å². The van der Waals surface area contributed by atoms with Crippen LogP contribution in [0.2, 0.25) is 0 Å². The number of hydrogen-bond acceptors (Lipinski definition) is 6. The SMILES string of the molecule is C[C@@H](NC(=O)C(=O)N/N=C/c1ccc(O)c([N+](=O)[O-])c1)c1ccccc1. The van der Waals surface area contributed by atoms with Gasteiger partial charge in [0, 0.05) is 11.6 Å². The lowest BCUT2D eigenvalue weighted by molar-refractivity contribution is -0.385. The predicted octanol–water partition coefficient (Wildman–Crippen LogP) is 1.63. The van der Waals surface area contributed by atoms with E-state index in [-0.39, 0.29) is 11.6 Å². The van der Waals surface area contributed by atoms with E-state index in [2.05, 4.69) is 10.4 Å². The van der Waals surface area contributed by atoms with Gasteiger partial charge in [-0.2, -0.15) is 5.10 Å². The van der Waals surface area contributed by atoms with Crippen LogP contribution in [0.15, 0.2) is 53.6 Å². The molecule has 0 saturated heterocycles. The van der Waals surface area contributed by atoms with Crippen molar-refractivity contribution in [3.8, 4) is 5.75 Å². The minimum absolute atomic E-state index is 0.271. The maximum absolute atomic E-state index is 11.8. The molecule has 2 amide bonds. The molecular weight excluding hydrogens is 340 g/mol. The molecule has 1 atom stereocenters. The number of nitro groups is 1. The average Bonchev–Trinajstić information content (AvgIpc) is 2.63. The summed E-state index contributed by atoms with van der Waals surface area (Å²) in [6.07, 6.45) is 1.12. The minimum atomic E-state index is -0.975. The van der Waals surface area contributed by atoms with Crippen LogP contribution in [0.1, 0.15) is 24.1 Å². The highest BCUT2D eigenvalue weighted by Crippen LogP contribution is 2.25. The van der Waals surface area contributed by atoms with Crippen molar-refractivity contribution in [1.29, 1.82) is 0 Å². The van der Waals surface area contributed by atoms with Gasteiger partial charge in [-0.15, -0.1) is 0 Å². The molecule has 0 aliphatic heterocycles. The molecule has 2 aromatic rings. The monoisotopic (exact) mass is 356 g/mol. The fourth-order valence-corrected chi connectivity index (χ4v) is 2.07. The lowest BCUT2D eigenvalue weighted by Gasteiger charge is -2.13. The van der Waals surface area contributed by atoms with Crippen molar-refractivity contribution in [1.82, 2.24) is 10.7 Å². The maximum Gasteiger partial charge on any atom is 0.329 e. The first-order chi connectivity index (χ1) is 12.4. The molecular formula is C17H16N4O5. The molecule has 0 fully saturated rings. The van der Waals surface area contributed by atoms with E-state index < -0.39 is 28.2 Å². The Kier molecular flexibility index (Phi) is 5.99. The van der Waals surface area contributed by atoms with Crippen molar-refractivity contribution in [3.05, 3.63) is 69.8 Å². The molecule has 9 heteroatoms. The zero-order valence-electron chi connectivity index (χ0n) is 13.7. The first kappa shape index (κ1) is 18.6. The molecule has 2 aromatic carbocycles. The average molecular weight is 356 g/mol. The number of nitro benzene ring substituents is 1. The van der Waals surface area contributed by atoms with Gasteiger partial charge in [0.05, 0.1) is 17.2 Å². The van der Waals surface area contributed by atoms with Crippen LogP contribution >= 0.6 is 0 Å². The molecule has 0 heterocycles. The van der Waals surface area contributed by atoms with E-state index in [4.69, 9.17) is 0 Å². The minimum Gasteiger partial charge on any atom is -0.502 e. The summed E-state index contributed by atoms with van der Waals surface area (Å²) in [7, 11) is 0. The van der Waals surface area contributed by atoms with Gasteiger partial charge in [0.15, 0.2) is 5.75 Å². The van der Waals surface area contributed by atoms with Crippen LogP contribution in [0.3, 0.4) is 0 Å². The Bertz CT molecular complexity index is 851. The maximum atomic E-state index is 11.8. The number of hydrogen-bond donors (Lipinski definition) is 3. The number of phenols is 1. The van der Waals surface area contributed by atoms with Gasteiger partial charge in [0.1, 0.15) is 0 Å². The van der Waals surface area contributed by atoms with Crippen molar-refractivity contribution in [2.45, 2.75) is 13.0 Å². The van der Waals surface area contributed by atoms with E-state index in [1.165, 1.54) is 6.07 Å². The molecule has 26 heavy (non-hydrogen) atoms. The van der Waals surface area contributed by atoms with Crippen LogP contribution in [0.25, 0.3) is 0 Å². The van der Waals surface area contributed by atoms with Gasteiger partial charge in [-0.1, -0.05) is 30.3 Å². The van der Waals surface area contributed by atoms with Gasteiger partial charge < -0.3 is 10.4 Å². The number of aromatic hydroxyl groups is 1. The number of rotatable bonds is 5. The van der Waals surface area contributed by atoms with Gasteiger partial charge in [-0.25, -0.2) is 5.43 Å². The normalized spacial score (nSPS) is 11.7. The summed E-state index contributed by atoms with van der Waals surface area (Å²) in [6.45, 7) is 1.74. The Hall–Kier alpha value is -3.75. The van der Waals surface area contributed by atoms with Crippen molar-refractivity contribution in [2.24, 2.45) is 5.10 Å². The van der Waals surface area contributed by atoms with E-state index in [9.17, 15) is 24.8 Å². The molecule has 0 saturated carbocycles. The fraction of sp³-hybridized carbons (Fsp3) is 0.118. The molecule has 0 bridgehead atoms. The van der Waals surface area contributed by atoms with Crippen molar-refractivity contribution >= 4 is 23.7 Å². The van der Waals surface area contributed by atoms with Crippen LogP contribution in [0.5, 0.6) is 5.75 Å².